The predicted molar refractivity (Wildman–Crippen MR) is 75.0 cm³/mol. The number of rotatable bonds is 6. The summed E-state index contributed by atoms with van der Waals surface area (Å²) >= 11 is 0. The van der Waals surface area contributed by atoms with Crippen molar-refractivity contribution in [3.63, 3.8) is 0 Å². The summed E-state index contributed by atoms with van der Waals surface area (Å²) in [6.45, 7) is 14.1. The lowest BCUT2D eigenvalue weighted by Gasteiger charge is -2.18. The second kappa shape index (κ2) is 7.03. The third kappa shape index (κ3) is 13.4. The molecule has 102 valence electrons. The topological polar surface area (TPSA) is 29.1 Å². The van der Waals surface area contributed by atoms with Gasteiger partial charge in [-0.25, -0.2) is 0 Å². The number of carbonyl (C=O) groups excluding carboxylic acids is 1. The van der Waals surface area contributed by atoms with Crippen molar-refractivity contribution in [2.45, 2.75) is 73.6 Å². The summed E-state index contributed by atoms with van der Waals surface area (Å²) in [6, 6.07) is 0. The van der Waals surface area contributed by atoms with Crippen LogP contribution in [-0.4, -0.2) is 12.5 Å². The van der Waals surface area contributed by atoms with Crippen LogP contribution in [0.5, 0.6) is 0 Å². The van der Waals surface area contributed by atoms with Crippen molar-refractivity contribution < 1.29 is 4.79 Å². The second-order valence-corrected chi connectivity index (χ2v) is 7.43. The van der Waals surface area contributed by atoms with E-state index in [9.17, 15) is 4.79 Å². The van der Waals surface area contributed by atoms with Gasteiger partial charge >= 0.3 is 0 Å². The van der Waals surface area contributed by atoms with Gasteiger partial charge in [0.25, 0.3) is 0 Å². The number of unbranched alkanes of at least 4 members (excludes halogenated alkanes) is 1. The van der Waals surface area contributed by atoms with E-state index in [-0.39, 0.29) is 5.91 Å². The number of nitrogens with one attached hydrogen (secondary N) is 1. The number of amides is 1. The van der Waals surface area contributed by atoms with Crippen molar-refractivity contribution >= 4 is 5.91 Å². The Kier molecular flexibility index (Phi) is 6.81. The molecular weight excluding hydrogens is 210 g/mol. The Hall–Kier alpha value is -0.530. The molecular formula is C15H31NO. The zero-order valence-corrected chi connectivity index (χ0v) is 12.7. The van der Waals surface area contributed by atoms with E-state index in [1.54, 1.807) is 0 Å². The minimum absolute atomic E-state index is 0.211. The van der Waals surface area contributed by atoms with Gasteiger partial charge in [0, 0.05) is 13.0 Å². The highest BCUT2D eigenvalue weighted by molar-refractivity contribution is 5.75. The van der Waals surface area contributed by atoms with Crippen LogP contribution in [0.3, 0.4) is 0 Å². The molecule has 0 aliphatic carbocycles. The molecule has 0 saturated heterocycles. The highest BCUT2D eigenvalue weighted by Gasteiger charge is 2.11. The first-order valence-corrected chi connectivity index (χ1v) is 6.87. The van der Waals surface area contributed by atoms with E-state index < -0.39 is 0 Å². The number of hydrogen-bond acceptors (Lipinski definition) is 1. The summed E-state index contributed by atoms with van der Waals surface area (Å²) in [7, 11) is 0. The Morgan fingerprint density at radius 1 is 0.882 bits per heavy atom. The molecule has 0 aromatic heterocycles. The van der Waals surface area contributed by atoms with Gasteiger partial charge in [-0.05, 0) is 30.1 Å². The first kappa shape index (κ1) is 16.5. The Bertz CT molecular complexity index is 220. The molecule has 17 heavy (non-hydrogen) atoms. The Morgan fingerprint density at radius 3 is 1.88 bits per heavy atom. The molecule has 0 radical (unpaired) electrons. The summed E-state index contributed by atoms with van der Waals surface area (Å²) in [5.74, 6) is 0.211. The van der Waals surface area contributed by atoms with Gasteiger partial charge in [-0.3, -0.25) is 4.79 Å². The van der Waals surface area contributed by atoms with Crippen LogP contribution in [0.2, 0.25) is 0 Å². The Labute approximate surface area is 108 Å². The smallest absolute Gasteiger partial charge is 0.219 e. The lowest BCUT2D eigenvalue weighted by Crippen LogP contribution is -2.27. The Balaban J connectivity index is 3.48. The molecule has 0 unspecified atom stereocenters. The van der Waals surface area contributed by atoms with Gasteiger partial charge < -0.3 is 5.32 Å². The van der Waals surface area contributed by atoms with Gasteiger partial charge in [0.05, 0.1) is 0 Å². The van der Waals surface area contributed by atoms with Crippen LogP contribution < -0.4 is 5.32 Å². The lowest BCUT2D eigenvalue weighted by atomic mass is 9.89. The summed E-state index contributed by atoms with van der Waals surface area (Å²) < 4.78 is 0. The fraction of sp³-hybridized carbons (Fsp3) is 0.933. The highest BCUT2D eigenvalue weighted by atomic mass is 16.1. The van der Waals surface area contributed by atoms with Gasteiger partial charge in [-0.15, -0.1) is 0 Å². The zero-order valence-electron chi connectivity index (χ0n) is 12.7. The van der Waals surface area contributed by atoms with E-state index >= 15 is 0 Å². The molecule has 0 atom stereocenters. The maximum absolute atomic E-state index is 11.5. The maximum Gasteiger partial charge on any atom is 0.219 e. The molecule has 0 aliphatic heterocycles. The normalized spacial score (nSPS) is 12.6. The van der Waals surface area contributed by atoms with Crippen LogP contribution in [0.15, 0.2) is 0 Å². The fourth-order valence-corrected chi connectivity index (χ4v) is 1.61. The van der Waals surface area contributed by atoms with Crippen LogP contribution in [0.1, 0.15) is 73.6 Å². The van der Waals surface area contributed by atoms with Crippen molar-refractivity contribution in [3.05, 3.63) is 0 Å². The van der Waals surface area contributed by atoms with Crippen LogP contribution >= 0.6 is 0 Å². The minimum atomic E-state index is 0.211. The lowest BCUT2D eigenvalue weighted by molar-refractivity contribution is -0.121. The van der Waals surface area contributed by atoms with Crippen molar-refractivity contribution in [1.29, 1.82) is 0 Å². The van der Waals surface area contributed by atoms with Gasteiger partial charge in [-0.1, -0.05) is 48.0 Å². The number of carbonyl (C=O) groups is 1. The molecule has 1 N–H and O–H groups in total. The average Bonchev–Trinajstić information content (AvgIpc) is 2.09. The van der Waals surface area contributed by atoms with Crippen molar-refractivity contribution in [1.82, 2.24) is 5.32 Å². The standard InChI is InChI=1S/C15H31NO/c1-14(2,3)10-8-7-9-13(17)16-12-11-15(4,5)6/h7-12H2,1-6H3,(H,16,17). The van der Waals surface area contributed by atoms with E-state index in [0.717, 1.165) is 25.8 Å². The second-order valence-electron chi connectivity index (χ2n) is 7.43. The van der Waals surface area contributed by atoms with Gasteiger partial charge in [0.2, 0.25) is 5.91 Å². The van der Waals surface area contributed by atoms with E-state index in [0.29, 0.717) is 17.3 Å². The molecule has 0 spiro atoms. The molecule has 1 amide bonds. The van der Waals surface area contributed by atoms with Crippen molar-refractivity contribution in [3.8, 4) is 0 Å². The first-order chi connectivity index (χ1) is 7.60. The van der Waals surface area contributed by atoms with Crippen molar-refractivity contribution in [2.24, 2.45) is 10.8 Å². The first-order valence-electron chi connectivity index (χ1n) is 6.87. The average molecular weight is 241 g/mol. The van der Waals surface area contributed by atoms with Crippen molar-refractivity contribution in [2.75, 3.05) is 6.54 Å². The van der Waals surface area contributed by atoms with E-state index in [1.807, 2.05) is 0 Å². The molecule has 0 aromatic rings. The molecule has 0 rings (SSSR count). The SMILES string of the molecule is CC(C)(C)CCCCC(=O)NCCC(C)(C)C. The summed E-state index contributed by atoms with van der Waals surface area (Å²) in [5, 5.41) is 3.00. The van der Waals surface area contributed by atoms with Crippen LogP contribution in [0.4, 0.5) is 0 Å². The zero-order chi connectivity index (χ0) is 13.5. The van der Waals surface area contributed by atoms with Crippen LogP contribution in [0.25, 0.3) is 0 Å². The number of hydrogen-bond donors (Lipinski definition) is 1. The van der Waals surface area contributed by atoms with E-state index in [1.165, 1.54) is 6.42 Å². The third-order valence-electron chi connectivity index (χ3n) is 2.78. The minimum Gasteiger partial charge on any atom is -0.356 e. The van der Waals surface area contributed by atoms with E-state index in [2.05, 4.69) is 46.9 Å². The van der Waals surface area contributed by atoms with Crippen LogP contribution in [-0.2, 0) is 4.79 Å². The summed E-state index contributed by atoms with van der Waals surface area (Å²) in [6.07, 6.45) is 5.08. The largest absolute Gasteiger partial charge is 0.356 e. The maximum atomic E-state index is 11.5. The molecule has 0 aliphatic rings. The third-order valence-corrected chi connectivity index (χ3v) is 2.78. The van der Waals surface area contributed by atoms with Gasteiger partial charge in [-0.2, -0.15) is 0 Å². The molecule has 0 bridgehead atoms. The van der Waals surface area contributed by atoms with Crippen LogP contribution in [0, 0.1) is 10.8 Å². The Morgan fingerprint density at radius 2 is 1.41 bits per heavy atom. The monoisotopic (exact) mass is 241 g/mol. The molecule has 2 nitrogen and oxygen atoms in total. The molecule has 2 heteroatoms. The molecule has 0 heterocycles. The molecule has 0 aromatic carbocycles. The summed E-state index contributed by atoms with van der Waals surface area (Å²) in [4.78, 5) is 11.5. The summed E-state index contributed by atoms with van der Waals surface area (Å²) in [5.41, 5.74) is 0.697. The molecule has 0 saturated carbocycles. The molecule has 0 fully saturated rings. The fourth-order valence-electron chi connectivity index (χ4n) is 1.61. The quantitative estimate of drug-likeness (QED) is 0.696. The van der Waals surface area contributed by atoms with Gasteiger partial charge in [0.1, 0.15) is 0 Å². The highest BCUT2D eigenvalue weighted by Crippen LogP contribution is 2.22. The predicted octanol–water partition coefficient (Wildman–Crippen LogP) is 4.15. The van der Waals surface area contributed by atoms with E-state index in [4.69, 9.17) is 0 Å². The van der Waals surface area contributed by atoms with Gasteiger partial charge in [0.15, 0.2) is 0 Å².